The zero-order chi connectivity index (χ0) is 15.4. The Labute approximate surface area is 130 Å². The van der Waals surface area contributed by atoms with Gasteiger partial charge in [0.1, 0.15) is 11.5 Å². The lowest BCUT2D eigenvalue weighted by Gasteiger charge is -2.27. The fourth-order valence-electron chi connectivity index (χ4n) is 2.53. The molecule has 1 aromatic carbocycles. The monoisotopic (exact) mass is 361 g/mol. The molecule has 1 aromatic rings. The van der Waals surface area contributed by atoms with Crippen molar-refractivity contribution >= 4 is 27.3 Å². The molecule has 1 atom stereocenters. The van der Waals surface area contributed by atoms with Gasteiger partial charge in [-0.2, -0.15) is 0 Å². The van der Waals surface area contributed by atoms with Crippen LogP contribution in [0, 0.1) is 15.9 Å². The molecule has 1 aliphatic heterocycles. The Morgan fingerprint density at radius 3 is 2.90 bits per heavy atom. The summed E-state index contributed by atoms with van der Waals surface area (Å²) in [5.74, 6) is -0.673. The second-order valence-corrected chi connectivity index (χ2v) is 5.83. The van der Waals surface area contributed by atoms with E-state index in [-0.39, 0.29) is 29.4 Å². The van der Waals surface area contributed by atoms with Gasteiger partial charge in [0.2, 0.25) is 0 Å². The molecule has 1 heterocycles. The highest BCUT2D eigenvalue weighted by Crippen LogP contribution is 2.33. The van der Waals surface area contributed by atoms with Gasteiger partial charge in [0.15, 0.2) is 0 Å². The summed E-state index contributed by atoms with van der Waals surface area (Å²) in [6.45, 7) is 1.60. The number of halogens is 2. The van der Waals surface area contributed by atoms with E-state index in [1.54, 1.807) is 4.90 Å². The van der Waals surface area contributed by atoms with E-state index in [1.807, 2.05) is 0 Å². The first-order chi connectivity index (χ1) is 10.0. The van der Waals surface area contributed by atoms with Crippen LogP contribution in [0.25, 0.3) is 0 Å². The standard InChI is InChI=1S/C13H17BrFN3O3/c14-10-6-12(13(18(20)21)7-11(10)15)17(4-5-19)8-9-2-1-3-16-9/h6-7,9,16,19H,1-5,8H2. The van der Waals surface area contributed by atoms with Crippen LogP contribution in [0.3, 0.4) is 0 Å². The Morgan fingerprint density at radius 1 is 1.57 bits per heavy atom. The number of anilines is 1. The van der Waals surface area contributed by atoms with Gasteiger partial charge < -0.3 is 15.3 Å². The quantitative estimate of drug-likeness (QED) is 0.598. The number of hydrogen-bond acceptors (Lipinski definition) is 5. The zero-order valence-corrected chi connectivity index (χ0v) is 13.0. The van der Waals surface area contributed by atoms with Crippen molar-refractivity contribution in [2.75, 3.05) is 31.1 Å². The van der Waals surface area contributed by atoms with Crippen molar-refractivity contribution in [1.29, 1.82) is 0 Å². The first kappa shape index (κ1) is 16.1. The number of nitrogens with one attached hydrogen (secondary N) is 1. The smallest absolute Gasteiger partial charge is 0.295 e. The van der Waals surface area contributed by atoms with Crippen molar-refractivity contribution in [2.45, 2.75) is 18.9 Å². The molecule has 1 saturated heterocycles. The molecule has 0 aliphatic carbocycles. The molecule has 0 amide bonds. The molecule has 0 saturated carbocycles. The zero-order valence-electron chi connectivity index (χ0n) is 11.4. The van der Waals surface area contributed by atoms with Crippen LogP contribution in [-0.2, 0) is 0 Å². The number of hydrogen-bond donors (Lipinski definition) is 2. The van der Waals surface area contributed by atoms with Gasteiger partial charge in [0.05, 0.1) is 22.1 Å². The van der Waals surface area contributed by atoms with Crippen LogP contribution in [0.1, 0.15) is 12.8 Å². The summed E-state index contributed by atoms with van der Waals surface area (Å²) < 4.78 is 13.7. The van der Waals surface area contributed by atoms with Crippen LogP contribution in [0.2, 0.25) is 0 Å². The van der Waals surface area contributed by atoms with E-state index in [4.69, 9.17) is 0 Å². The van der Waals surface area contributed by atoms with Crippen molar-refractivity contribution in [3.63, 3.8) is 0 Å². The average molecular weight is 362 g/mol. The summed E-state index contributed by atoms with van der Waals surface area (Å²) >= 11 is 3.06. The lowest BCUT2D eigenvalue weighted by molar-refractivity contribution is -0.384. The highest BCUT2D eigenvalue weighted by atomic mass is 79.9. The number of aliphatic hydroxyl groups excluding tert-OH is 1. The van der Waals surface area contributed by atoms with E-state index in [1.165, 1.54) is 6.07 Å². The highest BCUT2D eigenvalue weighted by molar-refractivity contribution is 9.10. The molecular weight excluding hydrogens is 345 g/mol. The molecule has 0 radical (unpaired) electrons. The highest BCUT2D eigenvalue weighted by Gasteiger charge is 2.25. The van der Waals surface area contributed by atoms with Crippen LogP contribution in [0.5, 0.6) is 0 Å². The molecule has 1 aliphatic rings. The summed E-state index contributed by atoms with van der Waals surface area (Å²) in [6.07, 6.45) is 2.05. The molecule has 21 heavy (non-hydrogen) atoms. The number of benzene rings is 1. The Bertz CT molecular complexity index is 524. The molecule has 0 spiro atoms. The van der Waals surface area contributed by atoms with E-state index in [0.717, 1.165) is 25.5 Å². The SMILES string of the molecule is O=[N+]([O-])c1cc(F)c(Br)cc1N(CCO)CC1CCCN1. The topological polar surface area (TPSA) is 78.6 Å². The third-order valence-electron chi connectivity index (χ3n) is 3.53. The maximum Gasteiger partial charge on any atom is 0.295 e. The van der Waals surface area contributed by atoms with Gasteiger partial charge in [-0.15, -0.1) is 0 Å². The van der Waals surface area contributed by atoms with Crippen LogP contribution >= 0.6 is 15.9 Å². The average Bonchev–Trinajstić information content (AvgIpc) is 2.93. The molecule has 1 unspecified atom stereocenters. The molecule has 116 valence electrons. The van der Waals surface area contributed by atoms with Gasteiger partial charge in [0.25, 0.3) is 5.69 Å². The van der Waals surface area contributed by atoms with E-state index in [2.05, 4.69) is 21.2 Å². The van der Waals surface area contributed by atoms with Crippen molar-refractivity contribution in [1.82, 2.24) is 5.32 Å². The Balaban J connectivity index is 2.33. The number of nitro groups is 1. The minimum Gasteiger partial charge on any atom is -0.395 e. The second kappa shape index (κ2) is 7.15. The number of nitro benzene ring substituents is 1. The maximum atomic E-state index is 13.5. The second-order valence-electron chi connectivity index (χ2n) is 4.98. The predicted molar refractivity (Wildman–Crippen MR) is 81.1 cm³/mol. The van der Waals surface area contributed by atoms with E-state index in [0.29, 0.717) is 12.2 Å². The summed E-state index contributed by atoms with van der Waals surface area (Å²) in [7, 11) is 0. The van der Waals surface area contributed by atoms with Crippen LogP contribution < -0.4 is 10.2 Å². The first-order valence-electron chi connectivity index (χ1n) is 6.75. The predicted octanol–water partition coefficient (Wildman–Crippen LogP) is 2.05. The van der Waals surface area contributed by atoms with Gasteiger partial charge in [0, 0.05) is 19.1 Å². The minimum absolute atomic E-state index is 0.126. The Kier molecular flexibility index (Phi) is 5.49. The fraction of sp³-hybridized carbons (Fsp3) is 0.538. The maximum absolute atomic E-state index is 13.5. The molecular formula is C13H17BrFN3O3. The minimum atomic E-state index is -0.673. The van der Waals surface area contributed by atoms with Gasteiger partial charge in [-0.25, -0.2) is 4.39 Å². The van der Waals surface area contributed by atoms with Crippen LogP contribution in [0.4, 0.5) is 15.8 Å². The molecule has 8 heteroatoms. The third kappa shape index (κ3) is 3.90. The lowest BCUT2D eigenvalue weighted by atomic mass is 10.1. The van der Waals surface area contributed by atoms with Gasteiger partial charge in [-0.1, -0.05) is 0 Å². The first-order valence-corrected chi connectivity index (χ1v) is 7.55. The normalized spacial score (nSPS) is 18.0. The largest absolute Gasteiger partial charge is 0.395 e. The summed E-state index contributed by atoms with van der Waals surface area (Å²) in [5, 5.41) is 23.7. The van der Waals surface area contributed by atoms with Crippen molar-refractivity contribution < 1.29 is 14.4 Å². The van der Waals surface area contributed by atoms with E-state index < -0.39 is 10.7 Å². The van der Waals surface area contributed by atoms with E-state index in [9.17, 15) is 19.6 Å². The van der Waals surface area contributed by atoms with E-state index >= 15 is 0 Å². The molecule has 2 rings (SSSR count). The summed E-state index contributed by atoms with van der Waals surface area (Å²) in [6, 6.07) is 2.53. The van der Waals surface area contributed by atoms with Gasteiger partial charge >= 0.3 is 0 Å². The number of aliphatic hydroxyl groups is 1. The van der Waals surface area contributed by atoms with Crippen LogP contribution in [-0.4, -0.2) is 42.3 Å². The lowest BCUT2D eigenvalue weighted by Crippen LogP contribution is -2.39. The summed E-state index contributed by atoms with van der Waals surface area (Å²) in [5.41, 5.74) is 0.0261. The molecule has 6 nitrogen and oxygen atoms in total. The number of nitrogens with zero attached hydrogens (tertiary/aromatic N) is 2. The Hall–Kier alpha value is -1.25. The van der Waals surface area contributed by atoms with Crippen LogP contribution in [0.15, 0.2) is 16.6 Å². The van der Waals surface area contributed by atoms with Gasteiger partial charge in [-0.05, 0) is 41.4 Å². The molecule has 0 aromatic heterocycles. The third-order valence-corrected chi connectivity index (χ3v) is 4.14. The fourth-order valence-corrected chi connectivity index (χ4v) is 2.87. The summed E-state index contributed by atoms with van der Waals surface area (Å²) in [4.78, 5) is 12.3. The molecule has 2 N–H and O–H groups in total. The van der Waals surface area contributed by atoms with Crippen molar-refractivity contribution in [3.8, 4) is 0 Å². The van der Waals surface area contributed by atoms with Crippen molar-refractivity contribution in [3.05, 3.63) is 32.5 Å². The molecule has 0 bridgehead atoms. The Morgan fingerprint density at radius 2 is 2.33 bits per heavy atom. The van der Waals surface area contributed by atoms with Gasteiger partial charge in [-0.3, -0.25) is 10.1 Å². The number of rotatable bonds is 6. The van der Waals surface area contributed by atoms with Crippen molar-refractivity contribution in [2.24, 2.45) is 0 Å². The molecule has 1 fully saturated rings.